The predicted molar refractivity (Wildman–Crippen MR) is 100 cm³/mol. The van der Waals surface area contributed by atoms with Crippen LogP contribution in [0.1, 0.15) is 40.2 Å². The van der Waals surface area contributed by atoms with Gasteiger partial charge in [0.2, 0.25) is 0 Å². The third kappa shape index (κ3) is 2.16. The van der Waals surface area contributed by atoms with E-state index in [-0.39, 0.29) is 17.6 Å². The first-order valence-electron chi connectivity index (χ1n) is 9.21. The molecule has 1 saturated heterocycles. The summed E-state index contributed by atoms with van der Waals surface area (Å²) in [6.45, 7) is 0.803. The first-order chi connectivity index (χ1) is 12.6. The average Bonchev–Trinajstić information content (AvgIpc) is 3.18. The average molecular weight is 347 g/mol. The largest absolute Gasteiger partial charge is 0.335 e. The molecule has 0 saturated carbocycles. The molecule has 0 spiro atoms. The molecule has 1 N–H and O–H groups in total. The first kappa shape index (κ1) is 15.4. The number of imidazole rings is 1. The molecule has 1 aliphatic carbocycles. The van der Waals surface area contributed by atoms with Crippen molar-refractivity contribution in [2.24, 2.45) is 7.05 Å². The molecule has 2 atom stereocenters. The van der Waals surface area contributed by atoms with Crippen LogP contribution in [0, 0.1) is 0 Å². The Kier molecular flexibility index (Phi) is 3.32. The Hall–Kier alpha value is -2.82. The van der Waals surface area contributed by atoms with E-state index in [4.69, 9.17) is 0 Å². The lowest BCUT2D eigenvalue weighted by atomic mass is 9.88. The van der Waals surface area contributed by atoms with Gasteiger partial charge in [0.05, 0.1) is 11.0 Å². The number of aromatic amines is 1. The monoisotopic (exact) mass is 347 g/mol. The Morgan fingerprint density at radius 2 is 2.04 bits per heavy atom. The summed E-state index contributed by atoms with van der Waals surface area (Å²) in [5.74, 6) is 0.517. The fraction of sp³-hybridized carbons (Fsp3) is 0.333. The molecule has 0 bridgehead atoms. The number of carbonyl (C=O) groups is 1. The summed E-state index contributed by atoms with van der Waals surface area (Å²) in [5, 5.41) is 0. The Morgan fingerprint density at radius 1 is 1.19 bits per heavy atom. The van der Waals surface area contributed by atoms with Gasteiger partial charge in [-0.05, 0) is 48.6 Å². The number of carbonyl (C=O) groups excluding carboxylic acids is 1. The van der Waals surface area contributed by atoms with Gasteiger partial charge in [0, 0.05) is 31.1 Å². The molecular weight excluding hydrogens is 326 g/mol. The Labute approximate surface area is 151 Å². The zero-order valence-electron chi connectivity index (χ0n) is 14.7. The van der Waals surface area contributed by atoms with Crippen LogP contribution in [0.2, 0.25) is 0 Å². The van der Waals surface area contributed by atoms with E-state index < -0.39 is 0 Å². The summed E-state index contributed by atoms with van der Waals surface area (Å²) < 4.78 is 1.56. The molecular formula is C21H21N3O2. The summed E-state index contributed by atoms with van der Waals surface area (Å²) >= 11 is 0. The molecule has 132 valence electrons. The zero-order chi connectivity index (χ0) is 17.8. The quantitative estimate of drug-likeness (QED) is 0.736. The second kappa shape index (κ2) is 5.59. The van der Waals surface area contributed by atoms with E-state index in [1.165, 1.54) is 11.1 Å². The smallest absolute Gasteiger partial charge is 0.326 e. The molecule has 1 aromatic heterocycles. The summed E-state index contributed by atoms with van der Waals surface area (Å²) in [6.07, 6.45) is 3.12. The van der Waals surface area contributed by atoms with Crippen LogP contribution in [0.4, 0.5) is 0 Å². The molecule has 2 aromatic carbocycles. The maximum atomic E-state index is 13.3. The number of benzene rings is 2. The molecule has 1 fully saturated rings. The van der Waals surface area contributed by atoms with Crippen LogP contribution >= 0.6 is 0 Å². The number of nitrogens with one attached hydrogen (secondary N) is 1. The number of aryl methyl sites for hydroxylation is 1. The van der Waals surface area contributed by atoms with E-state index in [2.05, 4.69) is 34.1 Å². The third-order valence-corrected chi connectivity index (χ3v) is 6.07. The Balaban J connectivity index is 1.50. The molecule has 3 aromatic rings. The highest BCUT2D eigenvalue weighted by Gasteiger charge is 2.40. The van der Waals surface area contributed by atoms with E-state index in [0.29, 0.717) is 17.0 Å². The van der Waals surface area contributed by atoms with Crippen molar-refractivity contribution in [2.45, 2.75) is 31.2 Å². The fourth-order valence-corrected chi connectivity index (χ4v) is 4.77. The number of H-pyrrole nitrogens is 1. The molecule has 5 nitrogen and oxygen atoms in total. The van der Waals surface area contributed by atoms with Crippen LogP contribution in [0.3, 0.4) is 0 Å². The number of rotatable bonds is 1. The highest BCUT2D eigenvalue weighted by atomic mass is 16.2. The van der Waals surface area contributed by atoms with Crippen molar-refractivity contribution in [1.82, 2.24) is 14.5 Å². The highest BCUT2D eigenvalue weighted by Crippen LogP contribution is 2.42. The van der Waals surface area contributed by atoms with Crippen LogP contribution in [0.25, 0.3) is 11.0 Å². The number of hydrogen-bond donors (Lipinski definition) is 1. The van der Waals surface area contributed by atoms with Gasteiger partial charge in [-0.25, -0.2) is 4.79 Å². The van der Waals surface area contributed by atoms with Crippen molar-refractivity contribution < 1.29 is 4.79 Å². The number of nitrogens with zero attached hydrogens (tertiary/aromatic N) is 2. The summed E-state index contributed by atoms with van der Waals surface area (Å²) in [4.78, 5) is 29.9. The number of piperidine rings is 1. The number of aromatic nitrogens is 2. The number of likely N-dealkylation sites (tertiary alicyclic amines) is 1. The molecule has 2 aliphatic rings. The summed E-state index contributed by atoms with van der Waals surface area (Å²) in [5.41, 5.74) is 4.82. The van der Waals surface area contributed by atoms with Crippen LogP contribution in [-0.4, -0.2) is 32.9 Å². The van der Waals surface area contributed by atoms with Gasteiger partial charge in [0.15, 0.2) is 0 Å². The molecule has 0 unspecified atom stereocenters. The fourth-order valence-electron chi connectivity index (χ4n) is 4.77. The zero-order valence-corrected chi connectivity index (χ0v) is 14.7. The van der Waals surface area contributed by atoms with Gasteiger partial charge >= 0.3 is 5.69 Å². The van der Waals surface area contributed by atoms with Crippen LogP contribution in [-0.2, 0) is 13.5 Å². The molecule has 2 heterocycles. The van der Waals surface area contributed by atoms with Crippen molar-refractivity contribution in [1.29, 1.82) is 0 Å². The normalized spacial score (nSPS) is 21.7. The third-order valence-electron chi connectivity index (χ3n) is 6.07. The molecule has 5 rings (SSSR count). The molecule has 1 aliphatic heterocycles. The Bertz CT molecular complexity index is 1080. The van der Waals surface area contributed by atoms with Gasteiger partial charge in [-0.3, -0.25) is 9.36 Å². The van der Waals surface area contributed by atoms with Gasteiger partial charge in [-0.1, -0.05) is 24.3 Å². The topological polar surface area (TPSA) is 58.1 Å². The molecule has 5 heteroatoms. The van der Waals surface area contributed by atoms with E-state index >= 15 is 0 Å². The van der Waals surface area contributed by atoms with Crippen LogP contribution in [0.15, 0.2) is 47.3 Å². The second-order valence-corrected chi connectivity index (χ2v) is 7.44. The lowest BCUT2D eigenvalue weighted by Gasteiger charge is -2.38. The minimum atomic E-state index is -0.158. The number of fused-ring (bicyclic) bond motifs is 4. The van der Waals surface area contributed by atoms with Gasteiger partial charge in [0.25, 0.3) is 5.91 Å². The van der Waals surface area contributed by atoms with Crippen LogP contribution < -0.4 is 5.69 Å². The molecule has 1 amide bonds. The summed E-state index contributed by atoms with van der Waals surface area (Å²) in [7, 11) is 1.73. The minimum absolute atomic E-state index is 0.0686. The van der Waals surface area contributed by atoms with Crippen molar-refractivity contribution >= 4 is 16.9 Å². The van der Waals surface area contributed by atoms with Crippen molar-refractivity contribution in [3.8, 4) is 0 Å². The minimum Gasteiger partial charge on any atom is -0.335 e. The van der Waals surface area contributed by atoms with E-state index in [1.807, 2.05) is 18.2 Å². The van der Waals surface area contributed by atoms with Gasteiger partial charge < -0.3 is 9.88 Å². The van der Waals surface area contributed by atoms with Crippen molar-refractivity contribution in [3.63, 3.8) is 0 Å². The second-order valence-electron chi connectivity index (χ2n) is 7.44. The predicted octanol–water partition coefficient (Wildman–Crippen LogP) is 2.81. The van der Waals surface area contributed by atoms with Gasteiger partial charge in [-0.2, -0.15) is 0 Å². The Morgan fingerprint density at radius 3 is 2.92 bits per heavy atom. The van der Waals surface area contributed by atoms with E-state index in [1.54, 1.807) is 11.6 Å². The molecule has 0 radical (unpaired) electrons. The SMILES string of the molecule is Cn1c(=O)[nH]c2cc(C(=O)N3CCC[C@H]4c5ccccc5C[C@H]43)ccc21. The summed E-state index contributed by atoms with van der Waals surface area (Å²) in [6, 6.07) is 14.3. The lowest BCUT2D eigenvalue weighted by molar-refractivity contribution is 0.0595. The van der Waals surface area contributed by atoms with E-state index in [0.717, 1.165) is 31.3 Å². The first-order valence-corrected chi connectivity index (χ1v) is 9.21. The number of amides is 1. The number of hydrogen-bond acceptors (Lipinski definition) is 2. The van der Waals surface area contributed by atoms with Gasteiger partial charge in [-0.15, -0.1) is 0 Å². The maximum Gasteiger partial charge on any atom is 0.326 e. The standard InChI is InChI=1S/C21H21N3O2/c1-23-18-9-8-14(11-17(18)22-21(23)26)20(25)24-10-4-7-16-15-6-3-2-5-13(15)12-19(16)24/h2-3,5-6,8-9,11,16,19H,4,7,10,12H2,1H3,(H,22,26)/t16-,19+/m0/s1. The van der Waals surface area contributed by atoms with Crippen LogP contribution in [0.5, 0.6) is 0 Å². The van der Waals surface area contributed by atoms with E-state index in [9.17, 15) is 9.59 Å². The maximum absolute atomic E-state index is 13.3. The lowest BCUT2D eigenvalue weighted by Crippen LogP contribution is -2.46. The van der Waals surface area contributed by atoms with Gasteiger partial charge in [0.1, 0.15) is 0 Å². The van der Waals surface area contributed by atoms with Crippen molar-refractivity contribution in [3.05, 3.63) is 69.6 Å². The highest BCUT2D eigenvalue weighted by molar-refractivity contribution is 5.97. The molecule has 26 heavy (non-hydrogen) atoms. The van der Waals surface area contributed by atoms with Crippen molar-refractivity contribution in [2.75, 3.05) is 6.54 Å².